The van der Waals surface area contributed by atoms with E-state index in [9.17, 15) is 9.59 Å². The van der Waals surface area contributed by atoms with E-state index in [1.165, 1.54) is 10.9 Å². The van der Waals surface area contributed by atoms with Crippen LogP contribution >= 0.6 is 0 Å². The van der Waals surface area contributed by atoms with Crippen molar-refractivity contribution in [3.8, 4) is 0 Å². The molecule has 4 rings (SSSR count). The zero-order valence-electron chi connectivity index (χ0n) is 12.7. The summed E-state index contributed by atoms with van der Waals surface area (Å²) in [7, 11) is 1.69. The molecule has 2 aromatic heterocycles. The molecule has 23 heavy (non-hydrogen) atoms. The number of aromatic nitrogens is 3. The van der Waals surface area contributed by atoms with E-state index in [4.69, 9.17) is 0 Å². The number of nitrogens with zero attached hydrogens (tertiary/aromatic N) is 3. The van der Waals surface area contributed by atoms with E-state index in [2.05, 4.69) is 9.97 Å². The quantitative estimate of drug-likeness (QED) is 0.740. The Kier molecular flexibility index (Phi) is 3.04. The molecule has 0 fully saturated rings. The van der Waals surface area contributed by atoms with Gasteiger partial charge < -0.3 is 14.5 Å². The Morgan fingerprint density at radius 1 is 1.30 bits per heavy atom. The smallest absolute Gasteiger partial charge is 0.256 e. The van der Waals surface area contributed by atoms with Gasteiger partial charge in [0.25, 0.3) is 11.5 Å². The molecular formula is C17H16N4O2. The van der Waals surface area contributed by atoms with Gasteiger partial charge >= 0.3 is 0 Å². The van der Waals surface area contributed by atoms with E-state index in [0.717, 1.165) is 16.5 Å². The molecule has 1 aromatic carbocycles. The Bertz CT molecular complexity index is 970. The van der Waals surface area contributed by atoms with E-state index in [1.54, 1.807) is 11.9 Å². The fraction of sp³-hybridized carbons (Fsp3) is 0.235. The molecule has 3 aromatic rings. The SMILES string of the molecule is Cn1cnc2c(c1=O)CCN(C(=O)c1cccc3[nH]ccc13)C2. The number of aromatic amines is 1. The fourth-order valence-electron chi connectivity index (χ4n) is 3.13. The molecule has 0 spiro atoms. The maximum Gasteiger partial charge on any atom is 0.256 e. The van der Waals surface area contributed by atoms with Crippen molar-refractivity contribution in [1.29, 1.82) is 0 Å². The van der Waals surface area contributed by atoms with Crippen LogP contribution in [0, 0.1) is 0 Å². The fourth-order valence-corrected chi connectivity index (χ4v) is 3.13. The number of aryl methyl sites for hydroxylation is 1. The van der Waals surface area contributed by atoms with Crippen molar-refractivity contribution in [2.45, 2.75) is 13.0 Å². The maximum atomic E-state index is 12.9. The summed E-state index contributed by atoms with van der Waals surface area (Å²) in [5, 5.41) is 0.917. The summed E-state index contributed by atoms with van der Waals surface area (Å²) in [5.74, 6) is -0.0247. The lowest BCUT2D eigenvalue weighted by molar-refractivity contribution is 0.0733. The standard InChI is InChI=1S/C17H16N4O2/c1-20-10-19-15-9-21(8-6-13(15)16(20)22)17(23)12-3-2-4-14-11(12)5-7-18-14/h2-5,7,10,18H,6,8-9H2,1H3. The van der Waals surface area contributed by atoms with Gasteiger partial charge in [0.15, 0.2) is 0 Å². The predicted octanol–water partition coefficient (Wildman–Crippen LogP) is 1.46. The summed E-state index contributed by atoms with van der Waals surface area (Å²) in [5.41, 5.74) is 3.03. The van der Waals surface area contributed by atoms with Crippen molar-refractivity contribution in [2.24, 2.45) is 7.05 Å². The molecule has 0 radical (unpaired) electrons. The highest BCUT2D eigenvalue weighted by molar-refractivity contribution is 6.06. The third kappa shape index (κ3) is 2.14. The summed E-state index contributed by atoms with van der Waals surface area (Å²) >= 11 is 0. The molecule has 0 atom stereocenters. The number of fused-ring (bicyclic) bond motifs is 2. The third-order valence-corrected chi connectivity index (χ3v) is 4.40. The zero-order chi connectivity index (χ0) is 16.0. The minimum Gasteiger partial charge on any atom is -0.361 e. The molecule has 6 nitrogen and oxygen atoms in total. The van der Waals surface area contributed by atoms with Crippen molar-refractivity contribution in [3.63, 3.8) is 0 Å². The van der Waals surface area contributed by atoms with Gasteiger partial charge in [-0.2, -0.15) is 0 Å². The summed E-state index contributed by atoms with van der Waals surface area (Å²) in [4.78, 5) is 34.2. The van der Waals surface area contributed by atoms with Crippen LogP contribution in [0.25, 0.3) is 10.9 Å². The number of H-pyrrole nitrogens is 1. The highest BCUT2D eigenvalue weighted by atomic mass is 16.2. The average molecular weight is 308 g/mol. The molecule has 0 unspecified atom stereocenters. The third-order valence-electron chi connectivity index (χ3n) is 4.40. The van der Waals surface area contributed by atoms with Crippen LogP contribution in [0.3, 0.4) is 0 Å². The number of amides is 1. The van der Waals surface area contributed by atoms with Crippen molar-refractivity contribution in [3.05, 3.63) is 64.0 Å². The van der Waals surface area contributed by atoms with Crippen LogP contribution < -0.4 is 5.56 Å². The van der Waals surface area contributed by atoms with Gasteiger partial charge in [0.05, 0.1) is 18.6 Å². The van der Waals surface area contributed by atoms with Crippen LogP contribution in [0.4, 0.5) is 0 Å². The van der Waals surface area contributed by atoms with Crippen LogP contribution in [-0.4, -0.2) is 31.9 Å². The lowest BCUT2D eigenvalue weighted by Gasteiger charge is -2.28. The molecule has 1 amide bonds. The van der Waals surface area contributed by atoms with E-state index in [0.29, 0.717) is 30.8 Å². The first kappa shape index (κ1) is 13.8. The molecule has 0 saturated heterocycles. The summed E-state index contributed by atoms with van der Waals surface area (Å²) in [6.45, 7) is 0.915. The molecule has 1 aliphatic heterocycles. The molecule has 1 aliphatic rings. The number of carbonyl (C=O) groups excluding carboxylic acids is 1. The Morgan fingerprint density at radius 3 is 3.04 bits per heavy atom. The minimum absolute atomic E-state index is 0.0187. The highest BCUT2D eigenvalue weighted by Crippen LogP contribution is 2.22. The Balaban J connectivity index is 1.69. The number of rotatable bonds is 1. The number of carbonyl (C=O) groups is 1. The molecular weight excluding hydrogens is 292 g/mol. The molecule has 6 heteroatoms. The number of hydrogen-bond donors (Lipinski definition) is 1. The topological polar surface area (TPSA) is 71.0 Å². The lowest BCUT2D eigenvalue weighted by Crippen LogP contribution is -2.40. The van der Waals surface area contributed by atoms with Gasteiger partial charge in [0, 0.05) is 41.8 Å². The lowest BCUT2D eigenvalue weighted by atomic mass is 10.0. The van der Waals surface area contributed by atoms with Crippen LogP contribution in [0.5, 0.6) is 0 Å². The van der Waals surface area contributed by atoms with Gasteiger partial charge in [0.2, 0.25) is 0 Å². The van der Waals surface area contributed by atoms with Crippen molar-refractivity contribution >= 4 is 16.8 Å². The first-order chi connectivity index (χ1) is 11.1. The van der Waals surface area contributed by atoms with Gasteiger partial charge in [-0.3, -0.25) is 9.59 Å². The Labute approximate surface area is 132 Å². The van der Waals surface area contributed by atoms with E-state index < -0.39 is 0 Å². The molecule has 0 aliphatic carbocycles. The van der Waals surface area contributed by atoms with Gasteiger partial charge in [-0.25, -0.2) is 4.98 Å². The van der Waals surface area contributed by atoms with E-state index >= 15 is 0 Å². The first-order valence-corrected chi connectivity index (χ1v) is 7.54. The normalized spacial score (nSPS) is 14.0. The van der Waals surface area contributed by atoms with Crippen molar-refractivity contribution in [1.82, 2.24) is 19.4 Å². The van der Waals surface area contributed by atoms with E-state index in [1.807, 2.05) is 30.5 Å². The van der Waals surface area contributed by atoms with Crippen LogP contribution in [0.1, 0.15) is 21.6 Å². The zero-order valence-corrected chi connectivity index (χ0v) is 12.7. The average Bonchev–Trinajstić information content (AvgIpc) is 3.06. The molecule has 0 saturated carbocycles. The van der Waals surface area contributed by atoms with Gasteiger partial charge in [-0.15, -0.1) is 0 Å². The maximum absolute atomic E-state index is 12.9. The van der Waals surface area contributed by atoms with Crippen molar-refractivity contribution in [2.75, 3.05) is 6.54 Å². The monoisotopic (exact) mass is 308 g/mol. The van der Waals surface area contributed by atoms with Crippen molar-refractivity contribution < 1.29 is 4.79 Å². The summed E-state index contributed by atoms with van der Waals surface area (Å²) in [6, 6.07) is 7.57. The Morgan fingerprint density at radius 2 is 2.17 bits per heavy atom. The molecule has 3 heterocycles. The van der Waals surface area contributed by atoms with Crippen LogP contribution in [0.15, 0.2) is 41.6 Å². The summed E-state index contributed by atoms with van der Waals surface area (Å²) < 4.78 is 1.48. The van der Waals surface area contributed by atoms with Crippen LogP contribution in [0.2, 0.25) is 0 Å². The summed E-state index contributed by atoms with van der Waals surface area (Å²) in [6.07, 6.45) is 3.89. The second kappa shape index (κ2) is 5.08. The van der Waals surface area contributed by atoms with E-state index in [-0.39, 0.29) is 11.5 Å². The molecule has 1 N–H and O–H groups in total. The highest BCUT2D eigenvalue weighted by Gasteiger charge is 2.25. The minimum atomic E-state index is -0.0247. The first-order valence-electron chi connectivity index (χ1n) is 7.54. The molecule has 0 bridgehead atoms. The Hall–Kier alpha value is -2.89. The second-order valence-electron chi connectivity index (χ2n) is 5.81. The van der Waals surface area contributed by atoms with Gasteiger partial charge in [0.1, 0.15) is 0 Å². The number of hydrogen-bond acceptors (Lipinski definition) is 3. The number of nitrogens with one attached hydrogen (secondary N) is 1. The predicted molar refractivity (Wildman–Crippen MR) is 86.2 cm³/mol. The van der Waals surface area contributed by atoms with Crippen LogP contribution in [-0.2, 0) is 20.0 Å². The van der Waals surface area contributed by atoms with Gasteiger partial charge in [-0.1, -0.05) is 6.07 Å². The van der Waals surface area contributed by atoms with Gasteiger partial charge in [-0.05, 0) is 24.6 Å². The molecule has 116 valence electrons. The largest absolute Gasteiger partial charge is 0.361 e. The number of benzene rings is 1. The second-order valence-corrected chi connectivity index (χ2v) is 5.81.